The first kappa shape index (κ1) is 8.09. The van der Waals surface area contributed by atoms with E-state index >= 15 is 0 Å². The Hall–Kier alpha value is -0.530. The predicted octanol–water partition coefficient (Wildman–Crippen LogP) is 2.00. The average molecular weight is 168 g/mol. The second kappa shape index (κ2) is 2.48. The Morgan fingerprint density at radius 1 is 1.33 bits per heavy atom. The van der Waals surface area contributed by atoms with Crippen LogP contribution in [0.25, 0.3) is 0 Å². The standard InChI is InChI=1S/C10H16O2/c1-5-3-7-4-8(5)6(2)9(7)10(11)12/h5-9H,3-4H2,1-2H3,(H,11,12)/t5-,6+,7?,8?,9+/m0/s1. The molecular formula is C10H16O2. The maximum absolute atomic E-state index is 10.9. The highest BCUT2D eigenvalue weighted by atomic mass is 16.4. The summed E-state index contributed by atoms with van der Waals surface area (Å²) < 4.78 is 0. The van der Waals surface area contributed by atoms with E-state index in [1.54, 1.807) is 0 Å². The summed E-state index contributed by atoms with van der Waals surface area (Å²) in [7, 11) is 0. The van der Waals surface area contributed by atoms with E-state index in [4.69, 9.17) is 5.11 Å². The summed E-state index contributed by atoms with van der Waals surface area (Å²) in [4.78, 5) is 10.9. The van der Waals surface area contributed by atoms with E-state index in [2.05, 4.69) is 13.8 Å². The summed E-state index contributed by atoms with van der Waals surface area (Å²) in [5, 5.41) is 8.99. The zero-order valence-electron chi connectivity index (χ0n) is 7.66. The van der Waals surface area contributed by atoms with Crippen LogP contribution >= 0.6 is 0 Å². The molecule has 2 saturated carbocycles. The Bertz CT molecular complexity index is 210. The lowest BCUT2D eigenvalue weighted by Gasteiger charge is -2.29. The number of hydrogen-bond donors (Lipinski definition) is 1. The van der Waals surface area contributed by atoms with Crippen molar-refractivity contribution in [3.05, 3.63) is 0 Å². The molecule has 2 nitrogen and oxygen atoms in total. The van der Waals surface area contributed by atoms with Gasteiger partial charge in [-0.25, -0.2) is 0 Å². The molecule has 2 aliphatic carbocycles. The molecule has 68 valence electrons. The van der Waals surface area contributed by atoms with Crippen LogP contribution in [0.1, 0.15) is 26.7 Å². The summed E-state index contributed by atoms with van der Waals surface area (Å²) in [6.07, 6.45) is 2.31. The van der Waals surface area contributed by atoms with Gasteiger partial charge in [-0.05, 0) is 36.5 Å². The molecular weight excluding hydrogens is 152 g/mol. The Labute approximate surface area is 73.0 Å². The molecule has 0 aromatic heterocycles. The number of carboxylic acids is 1. The van der Waals surface area contributed by atoms with E-state index in [1.165, 1.54) is 6.42 Å². The normalized spacial score (nSPS) is 51.3. The number of hydrogen-bond acceptors (Lipinski definition) is 1. The molecule has 0 radical (unpaired) electrons. The fourth-order valence-electron chi connectivity index (χ4n) is 3.48. The maximum Gasteiger partial charge on any atom is 0.307 e. The molecule has 0 aromatic rings. The van der Waals surface area contributed by atoms with Gasteiger partial charge in [0.2, 0.25) is 0 Å². The van der Waals surface area contributed by atoms with Crippen LogP contribution in [0, 0.1) is 29.6 Å². The smallest absolute Gasteiger partial charge is 0.307 e. The van der Waals surface area contributed by atoms with Crippen molar-refractivity contribution in [1.29, 1.82) is 0 Å². The van der Waals surface area contributed by atoms with Crippen LogP contribution in [0.3, 0.4) is 0 Å². The Balaban J connectivity index is 2.18. The lowest BCUT2D eigenvalue weighted by Crippen LogP contribution is -2.30. The van der Waals surface area contributed by atoms with E-state index in [0.29, 0.717) is 17.8 Å². The highest BCUT2D eigenvalue weighted by Crippen LogP contribution is 2.54. The fraction of sp³-hybridized carbons (Fsp3) is 0.900. The summed E-state index contributed by atoms with van der Waals surface area (Å²) in [5.74, 6) is 1.75. The van der Waals surface area contributed by atoms with Gasteiger partial charge >= 0.3 is 5.97 Å². The van der Waals surface area contributed by atoms with Gasteiger partial charge in [-0.3, -0.25) is 4.79 Å². The monoisotopic (exact) mass is 168 g/mol. The van der Waals surface area contributed by atoms with Crippen LogP contribution in [0.15, 0.2) is 0 Å². The Morgan fingerprint density at radius 2 is 2.00 bits per heavy atom. The molecule has 12 heavy (non-hydrogen) atoms. The molecule has 2 fully saturated rings. The molecule has 0 amide bonds. The molecule has 2 unspecified atom stereocenters. The van der Waals surface area contributed by atoms with Crippen molar-refractivity contribution in [2.24, 2.45) is 29.6 Å². The topological polar surface area (TPSA) is 37.3 Å². The molecule has 0 heterocycles. The minimum atomic E-state index is -0.568. The zero-order valence-corrected chi connectivity index (χ0v) is 7.66. The minimum absolute atomic E-state index is 0.0359. The van der Waals surface area contributed by atoms with Crippen molar-refractivity contribution in [3.8, 4) is 0 Å². The first-order chi connectivity index (χ1) is 5.61. The average Bonchev–Trinajstić information content (AvgIpc) is 2.42. The molecule has 0 aromatic carbocycles. The van der Waals surface area contributed by atoms with Gasteiger partial charge in [-0.1, -0.05) is 13.8 Å². The van der Waals surface area contributed by atoms with E-state index in [1.807, 2.05) is 0 Å². The molecule has 0 aliphatic heterocycles. The SMILES string of the molecule is C[C@@H]1C2CC(C[C@@H]2C)[C@@H]1C(=O)O. The third-order valence-electron chi connectivity index (χ3n) is 4.02. The summed E-state index contributed by atoms with van der Waals surface area (Å²) in [5.41, 5.74) is 0. The Morgan fingerprint density at radius 3 is 2.42 bits per heavy atom. The number of fused-ring (bicyclic) bond motifs is 2. The first-order valence-electron chi connectivity index (χ1n) is 4.84. The second-order valence-electron chi connectivity index (χ2n) is 4.60. The van der Waals surface area contributed by atoms with Crippen LogP contribution in [-0.2, 0) is 4.79 Å². The van der Waals surface area contributed by atoms with Crippen molar-refractivity contribution >= 4 is 5.97 Å². The van der Waals surface area contributed by atoms with Gasteiger partial charge < -0.3 is 5.11 Å². The van der Waals surface area contributed by atoms with Crippen molar-refractivity contribution in [2.75, 3.05) is 0 Å². The molecule has 2 bridgehead atoms. The van der Waals surface area contributed by atoms with Crippen LogP contribution < -0.4 is 0 Å². The largest absolute Gasteiger partial charge is 0.481 e. The Kier molecular flexibility index (Phi) is 1.67. The number of aliphatic carboxylic acids is 1. The molecule has 2 rings (SSSR count). The summed E-state index contributed by atoms with van der Waals surface area (Å²) >= 11 is 0. The lowest BCUT2D eigenvalue weighted by molar-refractivity contribution is -0.145. The van der Waals surface area contributed by atoms with Crippen LogP contribution in [0.2, 0.25) is 0 Å². The van der Waals surface area contributed by atoms with Gasteiger partial charge in [0, 0.05) is 0 Å². The van der Waals surface area contributed by atoms with E-state index in [9.17, 15) is 4.79 Å². The van der Waals surface area contributed by atoms with Crippen molar-refractivity contribution in [2.45, 2.75) is 26.7 Å². The third-order valence-corrected chi connectivity index (χ3v) is 4.02. The second-order valence-corrected chi connectivity index (χ2v) is 4.60. The molecule has 2 heteroatoms. The summed E-state index contributed by atoms with van der Waals surface area (Å²) in [6, 6.07) is 0. The van der Waals surface area contributed by atoms with Crippen LogP contribution in [-0.4, -0.2) is 11.1 Å². The maximum atomic E-state index is 10.9. The molecule has 0 spiro atoms. The van der Waals surface area contributed by atoms with E-state index in [0.717, 1.165) is 12.3 Å². The molecule has 1 N–H and O–H groups in total. The van der Waals surface area contributed by atoms with Gasteiger partial charge in [0.25, 0.3) is 0 Å². The summed E-state index contributed by atoms with van der Waals surface area (Å²) in [6.45, 7) is 4.37. The highest BCUT2D eigenvalue weighted by molar-refractivity contribution is 5.71. The van der Waals surface area contributed by atoms with E-state index < -0.39 is 5.97 Å². The molecule has 5 atom stereocenters. The quantitative estimate of drug-likeness (QED) is 0.650. The van der Waals surface area contributed by atoms with Crippen LogP contribution in [0.5, 0.6) is 0 Å². The van der Waals surface area contributed by atoms with Crippen molar-refractivity contribution < 1.29 is 9.90 Å². The van der Waals surface area contributed by atoms with Gasteiger partial charge in [0.15, 0.2) is 0 Å². The number of carbonyl (C=O) groups is 1. The first-order valence-corrected chi connectivity index (χ1v) is 4.84. The number of carboxylic acid groups (broad SMARTS) is 1. The predicted molar refractivity (Wildman–Crippen MR) is 45.7 cm³/mol. The third kappa shape index (κ3) is 0.900. The number of rotatable bonds is 1. The molecule has 2 aliphatic rings. The van der Waals surface area contributed by atoms with Crippen molar-refractivity contribution in [3.63, 3.8) is 0 Å². The van der Waals surface area contributed by atoms with Crippen molar-refractivity contribution in [1.82, 2.24) is 0 Å². The van der Waals surface area contributed by atoms with E-state index in [-0.39, 0.29) is 5.92 Å². The zero-order chi connectivity index (χ0) is 8.88. The van der Waals surface area contributed by atoms with Gasteiger partial charge in [-0.15, -0.1) is 0 Å². The van der Waals surface area contributed by atoms with Gasteiger partial charge in [0.05, 0.1) is 5.92 Å². The minimum Gasteiger partial charge on any atom is -0.481 e. The van der Waals surface area contributed by atoms with Crippen LogP contribution in [0.4, 0.5) is 0 Å². The fourth-order valence-corrected chi connectivity index (χ4v) is 3.48. The lowest BCUT2D eigenvalue weighted by atomic mass is 9.76. The highest BCUT2D eigenvalue weighted by Gasteiger charge is 2.51. The molecule has 0 saturated heterocycles. The van der Waals surface area contributed by atoms with Gasteiger partial charge in [0.1, 0.15) is 0 Å². The van der Waals surface area contributed by atoms with Gasteiger partial charge in [-0.2, -0.15) is 0 Å².